The average molecular weight is 327 g/mol. The first-order valence-corrected chi connectivity index (χ1v) is 7.73. The highest BCUT2D eigenvalue weighted by Crippen LogP contribution is 2.30. The van der Waals surface area contributed by atoms with E-state index in [0.29, 0.717) is 18.1 Å². The Bertz CT molecular complexity index is 418. The Kier molecular flexibility index (Phi) is 4.35. The van der Waals surface area contributed by atoms with Gasteiger partial charge in [0.15, 0.2) is 0 Å². The van der Waals surface area contributed by atoms with Crippen LogP contribution in [-0.4, -0.2) is 36.4 Å². The van der Waals surface area contributed by atoms with E-state index in [1.54, 1.807) is 6.20 Å². The zero-order chi connectivity index (χ0) is 13.1. The molecule has 19 heavy (non-hydrogen) atoms. The van der Waals surface area contributed by atoms with Crippen molar-refractivity contribution in [1.29, 1.82) is 0 Å². The number of ether oxygens (including phenoxy) is 2. The zero-order valence-electron chi connectivity index (χ0n) is 10.8. The molecule has 0 radical (unpaired) electrons. The number of nitrogens with one attached hydrogen (secondary N) is 1. The van der Waals surface area contributed by atoms with Gasteiger partial charge in [-0.3, -0.25) is 0 Å². The lowest BCUT2D eigenvalue weighted by Crippen LogP contribution is -2.43. The molecule has 4 nitrogen and oxygen atoms in total. The topological polar surface area (TPSA) is 43.4 Å². The lowest BCUT2D eigenvalue weighted by Gasteiger charge is -2.38. The van der Waals surface area contributed by atoms with Crippen LogP contribution in [-0.2, 0) is 4.74 Å². The Morgan fingerprint density at radius 1 is 1.16 bits per heavy atom. The summed E-state index contributed by atoms with van der Waals surface area (Å²) in [6, 6.07) is 3.80. The molecule has 5 heteroatoms. The molecular formula is C14H19BrN2O2. The van der Waals surface area contributed by atoms with Crippen molar-refractivity contribution in [2.75, 3.05) is 13.1 Å². The van der Waals surface area contributed by atoms with Crippen molar-refractivity contribution in [3.8, 4) is 5.88 Å². The predicted molar refractivity (Wildman–Crippen MR) is 76.4 cm³/mol. The minimum Gasteiger partial charge on any atom is -0.474 e. The van der Waals surface area contributed by atoms with Crippen LogP contribution in [0.15, 0.2) is 22.8 Å². The number of nitrogens with zero attached hydrogens (tertiary/aromatic N) is 1. The lowest BCUT2D eigenvalue weighted by atomic mass is 9.91. The largest absolute Gasteiger partial charge is 0.474 e. The summed E-state index contributed by atoms with van der Waals surface area (Å²) in [5.74, 6) is 0.694. The van der Waals surface area contributed by atoms with Gasteiger partial charge >= 0.3 is 0 Å². The van der Waals surface area contributed by atoms with Crippen LogP contribution < -0.4 is 10.1 Å². The standard InChI is InChI=1S/C14H19BrN2O2/c15-10-1-6-17-14(7-10)19-13-8-12(9-13)18-11-2-4-16-5-3-11/h1,6-7,11-13,16H,2-5,8-9H2/t12-,13-. The van der Waals surface area contributed by atoms with E-state index in [1.807, 2.05) is 12.1 Å². The van der Waals surface area contributed by atoms with Gasteiger partial charge in [0.05, 0.1) is 12.2 Å². The van der Waals surface area contributed by atoms with Gasteiger partial charge in [0.2, 0.25) is 5.88 Å². The Morgan fingerprint density at radius 3 is 2.68 bits per heavy atom. The first-order chi connectivity index (χ1) is 9.29. The maximum atomic E-state index is 6.07. The summed E-state index contributed by atoms with van der Waals surface area (Å²) in [6.07, 6.45) is 7.06. The summed E-state index contributed by atoms with van der Waals surface area (Å²) in [7, 11) is 0. The number of piperidine rings is 1. The van der Waals surface area contributed by atoms with E-state index >= 15 is 0 Å². The van der Waals surface area contributed by atoms with Crippen molar-refractivity contribution in [2.24, 2.45) is 0 Å². The van der Waals surface area contributed by atoms with E-state index in [-0.39, 0.29) is 6.10 Å². The third kappa shape index (κ3) is 3.68. The Balaban J connectivity index is 1.40. The monoisotopic (exact) mass is 326 g/mol. The van der Waals surface area contributed by atoms with Crippen LogP contribution in [0.25, 0.3) is 0 Å². The first-order valence-electron chi connectivity index (χ1n) is 6.94. The van der Waals surface area contributed by atoms with Crippen LogP contribution in [0.4, 0.5) is 0 Å². The van der Waals surface area contributed by atoms with Gasteiger partial charge in [-0.2, -0.15) is 0 Å². The SMILES string of the molecule is Brc1ccnc(O[C@H]2C[C@H](OC3CCNCC3)C2)c1. The zero-order valence-corrected chi connectivity index (χ0v) is 12.4. The minimum atomic E-state index is 0.258. The second-order valence-electron chi connectivity index (χ2n) is 5.23. The summed E-state index contributed by atoms with van der Waals surface area (Å²) in [5.41, 5.74) is 0. The highest BCUT2D eigenvalue weighted by Gasteiger charge is 2.34. The van der Waals surface area contributed by atoms with E-state index in [1.165, 1.54) is 0 Å². The van der Waals surface area contributed by atoms with Crippen LogP contribution in [0.5, 0.6) is 5.88 Å². The molecule has 0 atom stereocenters. The van der Waals surface area contributed by atoms with Gasteiger partial charge in [-0.25, -0.2) is 4.98 Å². The van der Waals surface area contributed by atoms with Crippen molar-refractivity contribution < 1.29 is 9.47 Å². The fourth-order valence-corrected chi connectivity index (χ4v) is 2.86. The third-order valence-electron chi connectivity index (χ3n) is 3.71. The molecule has 1 aromatic rings. The van der Waals surface area contributed by atoms with Crippen molar-refractivity contribution in [1.82, 2.24) is 10.3 Å². The molecule has 0 spiro atoms. The third-order valence-corrected chi connectivity index (χ3v) is 4.20. The normalized spacial score (nSPS) is 27.8. The molecule has 0 bridgehead atoms. The molecule has 1 saturated heterocycles. The highest BCUT2D eigenvalue weighted by atomic mass is 79.9. The number of pyridine rings is 1. The van der Waals surface area contributed by atoms with Crippen molar-refractivity contribution in [3.05, 3.63) is 22.8 Å². The van der Waals surface area contributed by atoms with Gasteiger partial charge in [-0.1, -0.05) is 15.9 Å². The van der Waals surface area contributed by atoms with Gasteiger partial charge < -0.3 is 14.8 Å². The number of aromatic nitrogens is 1. The average Bonchev–Trinajstić information content (AvgIpc) is 2.37. The van der Waals surface area contributed by atoms with Crippen molar-refractivity contribution in [2.45, 2.75) is 44.0 Å². The Hall–Kier alpha value is -0.650. The second-order valence-corrected chi connectivity index (χ2v) is 6.15. The lowest BCUT2D eigenvalue weighted by molar-refractivity contribution is -0.104. The van der Waals surface area contributed by atoms with Gasteiger partial charge in [-0.05, 0) is 32.0 Å². The van der Waals surface area contributed by atoms with Gasteiger partial charge in [0.1, 0.15) is 6.10 Å². The van der Waals surface area contributed by atoms with Gasteiger partial charge in [0, 0.05) is 29.6 Å². The predicted octanol–water partition coefficient (Wildman–Crippen LogP) is 2.52. The van der Waals surface area contributed by atoms with Crippen LogP contribution in [0.1, 0.15) is 25.7 Å². The van der Waals surface area contributed by atoms with Crippen LogP contribution >= 0.6 is 15.9 Å². The van der Waals surface area contributed by atoms with E-state index in [2.05, 4.69) is 26.2 Å². The molecule has 1 aliphatic carbocycles. The molecule has 0 aromatic carbocycles. The molecule has 2 heterocycles. The molecule has 1 saturated carbocycles. The molecule has 0 unspecified atom stereocenters. The molecule has 2 aliphatic rings. The first kappa shape index (κ1) is 13.3. The smallest absolute Gasteiger partial charge is 0.214 e. The van der Waals surface area contributed by atoms with Crippen molar-refractivity contribution >= 4 is 15.9 Å². The van der Waals surface area contributed by atoms with Crippen LogP contribution in [0.2, 0.25) is 0 Å². The van der Waals surface area contributed by atoms with Gasteiger partial charge in [0.25, 0.3) is 0 Å². The fourth-order valence-electron chi connectivity index (χ4n) is 2.55. The highest BCUT2D eigenvalue weighted by molar-refractivity contribution is 9.10. The number of hydrogen-bond acceptors (Lipinski definition) is 4. The van der Waals surface area contributed by atoms with Crippen LogP contribution in [0.3, 0.4) is 0 Å². The summed E-state index contributed by atoms with van der Waals surface area (Å²) in [6.45, 7) is 2.17. The summed E-state index contributed by atoms with van der Waals surface area (Å²) < 4.78 is 12.9. The van der Waals surface area contributed by atoms with E-state index in [4.69, 9.17) is 9.47 Å². The molecule has 2 fully saturated rings. The summed E-state index contributed by atoms with van der Waals surface area (Å²) in [5, 5.41) is 3.35. The molecule has 1 aromatic heterocycles. The summed E-state index contributed by atoms with van der Waals surface area (Å²) in [4.78, 5) is 4.20. The molecule has 0 amide bonds. The van der Waals surface area contributed by atoms with E-state index in [9.17, 15) is 0 Å². The number of rotatable bonds is 4. The second kappa shape index (κ2) is 6.20. The quantitative estimate of drug-likeness (QED) is 0.923. The fraction of sp³-hybridized carbons (Fsp3) is 0.643. The molecule has 104 valence electrons. The summed E-state index contributed by atoms with van der Waals surface area (Å²) >= 11 is 3.42. The Labute approximate surface area is 122 Å². The van der Waals surface area contributed by atoms with E-state index < -0.39 is 0 Å². The number of halogens is 1. The molecule has 1 aliphatic heterocycles. The number of hydrogen-bond donors (Lipinski definition) is 1. The molecular weight excluding hydrogens is 308 g/mol. The molecule has 3 rings (SSSR count). The van der Waals surface area contributed by atoms with Gasteiger partial charge in [-0.15, -0.1) is 0 Å². The minimum absolute atomic E-state index is 0.258. The van der Waals surface area contributed by atoms with E-state index in [0.717, 1.165) is 43.2 Å². The molecule has 1 N–H and O–H groups in total. The maximum absolute atomic E-state index is 6.07. The van der Waals surface area contributed by atoms with Crippen molar-refractivity contribution in [3.63, 3.8) is 0 Å². The Morgan fingerprint density at radius 2 is 1.95 bits per heavy atom. The maximum Gasteiger partial charge on any atom is 0.214 e. The van der Waals surface area contributed by atoms with Crippen LogP contribution in [0, 0.1) is 0 Å².